The largest absolute Gasteiger partial charge is 0.340 e. The van der Waals surface area contributed by atoms with Crippen LogP contribution >= 0.6 is 0 Å². The minimum Gasteiger partial charge on any atom is -0.340 e. The Balaban J connectivity index is 1.36. The van der Waals surface area contributed by atoms with Crippen LogP contribution in [0.1, 0.15) is 70.1 Å². The van der Waals surface area contributed by atoms with Crippen LogP contribution in [0.3, 0.4) is 0 Å². The van der Waals surface area contributed by atoms with Crippen LogP contribution in [-0.4, -0.2) is 45.2 Å². The summed E-state index contributed by atoms with van der Waals surface area (Å²) in [6.07, 6.45) is 2.58. The highest BCUT2D eigenvalue weighted by Crippen LogP contribution is 2.45. The van der Waals surface area contributed by atoms with Crippen LogP contribution in [0.5, 0.6) is 0 Å². The van der Waals surface area contributed by atoms with Crippen LogP contribution in [0.2, 0.25) is 0 Å². The van der Waals surface area contributed by atoms with Crippen LogP contribution < -0.4 is 10.6 Å². The lowest BCUT2D eigenvalue weighted by Crippen LogP contribution is -2.52. The number of piperidine rings is 1. The zero-order valence-corrected chi connectivity index (χ0v) is 18.1. The molecule has 1 saturated heterocycles. The van der Waals surface area contributed by atoms with Gasteiger partial charge in [-0.15, -0.1) is 0 Å². The fraction of sp³-hybridized carbons (Fsp3) is 0.375. The number of nitrogens with one attached hydrogen (secondary N) is 2. The predicted octanol–water partition coefficient (Wildman–Crippen LogP) is 2.35. The van der Waals surface area contributed by atoms with Crippen molar-refractivity contribution in [1.29, 1.82) is 0 Å². The number of hydrogen-bond acceptors (Lipinski definition) is 5. The van der Waals surface area contributed by atoms with E-state index in [0.29, 0.717) is 17.5 Å². The number of imide groups is 1. The third-order valence-electron chi connectivity index (χ3n) is 6.81. The second-order valence-electron chi connectivity index (χ2n) is 8.97. The third-order valence-corrected chi connectivity index (χ3v) is 6.81. The standard InChI is InChI=1S/C24H22F2N4O4/c25-15-3-5-17(27-11-15)20(24(26)8-1-9-24)29-21(32)13-2-4-16-14(10-13)12-30(23(16)34)18-6-7-19(31)28-22(18)33/h2-5,10-11,18,20H,1,6-9,12H2,(H,29,32)(H,28,31,33)/t18-,20+/m0/s1. The van der Waals surface area contributed by atoms with Gasteiger partial charge < -0.3 is 10.2 Å². The number of pyridine rings is 1. The van der Waals surface area contributed by atoms with Crippen molar-refractivity contribution in [3.05, 3.63) is 64.7 Å². The number of rotatable bonds is 5. The van der Waals surface area contributed by atoms with E-state index in [0.717, 1.165) is 6.20 Å². The summed E-state index contributed by atoms with van der Waals surface area (Å²) >= 11 is 0. The molecule has 0 radical (unpaired) electrons. The molecule has 3 aliphatic rings. The molecule has 3 heterocycles. The number of nitrogens with zero attached hydrogens (tertiary/aromatic N) is 2. The third kappa shape index (κ3) is 3.82. The Labute approximate surface area is 193 Å². The van der Waals surface area contributed by atoms with Crippen molar-refractivity contribution in [2.75, 3.05) is 0 Å². The number of fused-ring (bicyclic) bond motifs is 1. The van der Waals surface area contributed by atoms with Crippen LogP contribution in [0, 0.1) is 5.82 Å². The van der Waals surface area contributed by atoms with E-state index in [1.807, 2.05) is 0 Å². The summed E-state index contributed by atoms with van der Waals surface area (Å²) in [7, 11) is 0. The van der Waals surface area contributed by atoms with E-state index in [1.54, 1.807) is 6.07 Å². The van der Waals surface area contributed by atoms with E-state index in [4.69, 9.17) is 0 Å². The van der Waals surface area contributed by atoms with Crippen molar-refractivity contribution < 1.29 is 28.0 Å². The Morgan fingerprint density at radius 3 is 2.65 bits per heavy atom. The molecule has 0 spiro atoms. The summed E-state index contributed by atoms with van der Waals surface area (Å²) in [5.41, 5.74) is -0.268. The maximum absolute atomic E-state index is 15.4. The Hall–Kier alpha value is -3.69. The number of halogens is 2. The van der Waals surface area contributed by atoms with Crippen molar-refractivity contribution >= 4 is 23.6 Å². The number of carbonyl (C=O) groups excluding carboxylic acids is 4. The Kier molecular flexibility index (Phi) is 5.38. The second-order valence-corrected chi connectivity index (χ2v) is 8.97. The SMILES string of the molecule is O=C1CC[C@H](N2Cc3cc(C(=O)N[C@H](c4ccc(F)cn4)C4(F)CCC4)ccc3C2=O)C(=O)N1. The van der Waals surface area contributed by atoms with Crippen molar-refractivity contribution in [3.8, 4) is 0 Å². The van der Waals surface area contributed by atoms with E-state index in [9.17, 15) is 23.6 Å². The van der Waals surface area contributed by atoms with E-state index in [1.165, 1.54) is 29.2 Å². The number of alkyl halides is 1. The Bertz CT molecular complexity index is 1200. The highest BCUT2D eigenvalue weighted by molar-refractivity contribution is 6.06. The minimum absolute atomic E-state index is 0.123. The van der Waals surface area contributed by atoms with Crippen LogP contribution in [0.4, 0.5) is 8.78 Å². The van der Waals surface area contributed by atoms with Gasteiger partial charge >= 0.3 is 0 Å². The first-order valence-corrected chi connectivity index (χ1v) is 11.1. The van der Waals surface area contributed by atoms with Gasteiger partial charge in [0.2, 0.25) is 11.8 Å². The molecular weight excluding hydrogens is 446 g/mol. The molecule has 2 aromatic rings. The van der Waals surface area contributed by atoms with Gasteiger partial charge in [-0.1, -0.05) is 0 Å². The van der Waals surface area contributed by atoms with Crippen molar-refractivity contribution in [3.63, 3.8) is 0 Å². The van der Waals surface area contributed by atoms with E-state index in [2.05, 4.69) is 15.6 Å². The number of benzene rings is 1. The molecule has 8 nitrogen and oxygen atoms in total. The summed E-state index contributed by atoms with van der Waals surface area (Å²) in [6.45, 7) is 0.123. The highest BCUT2D eigenvalue weighted by atomic mass is 19.1. The molecule has 0 unspecified atom stereocenters. The molecular formula is C24H22F2N4O4. The average Bonchev–Trinajstić information content (AvgIpc) is 3.12. The topological polar surface area (TPSA) is 108 Å². The summed E-state index contributed by atoms with van der Waals surface area (Å²) in [5.74, 6) is -2.33. The lowest BCUT2D eigenvalue weighted by Gasteiger charge is -2.40. The van der Waals surface area contributed by atoms with Crippen molar-refractivity contribution in [2.45, 2.75) is 56.4 Å². The highest BCUT2D eigenvalue weighted by Gasteiger charge is 2.47. The molecule has 2 N–H and O–H groups in total. The molecule has 1 aromatic heterocycles. The number of hydrogen-bond donors (Lipinski definition) is 2. The van der Waals surface area contributed by atoms with Crippen LogP contribution in [0.25, 0.3) is 0 Å². The molecule has 176 valence electrons. The Morgan fingerprint density at radius 1 is 1.21 bits per heavy atom. The predicted molar refractivity (Wildman–Crippen MR) is 115 cm³/mol. The second kappa shape index (κ2) is 8.27. The first-order valence-electron chi connectivity index (χ1n) is 11.1. The summed E-state index contributed by atoms with van der Waals surface area (Å²) in [5, 5.41) is 4.95. The van der Waals surface area contributed by atoms with Crippen molar-refractivity contribution in [2.24, 2.45) is 0 Å². The molecule has 2 aliphatic heterocycles. The average molecular weight is 468 g/mol. The number of aromatic nitrogens is 1. The quantitative estimate of drug-likeness (QED) is 0.655. The molecule has 10 heteroatoms. The Morgan fingerprint density at radius 2 is 2.00 bits per heavy atom. The lowest BCUT2D eigenvalue weighted by atomic mass is 9.75. The fourth-order valence-electron chi connectivity index (χ4n) is 4.76. The minimum atomic E-state index is -1.67. The van der Waals surface area contributed by atoms with Gasteiger partial charge in [0.25, 0.3) is 11.8 Å². The van der Waals surface area contributed by atoms with Gasteiger partial charge in [0.05, 0.1) is 11.9 Å². The van der Waals surface area contributed by atoms with Gasteiger partial charge in [0.15, 0.2) is 0 Å². The molecule has 1 aliphatic carbocycles. The van der Waals surface area contributed by atoms with E-state index in [-0.39, 0.29) is 55.3 Å². The summed E-state index contributed by atoms with van der Waals surface area (Å²) in [6, 6.07) is 5.28. The van der Waals surface area contributed by atoms with Gasteiger partial charge in [-0.05, 0) is 61.6 Å². The zero-order chi connectivity index (χ0) is 24.0. The zero-order valence-electron chi connectivity index (χ0n) is 18.1. The molecule has 1 saturated carbocycles. The fourth-order valence-corrected chi connectivity index (χ4v) is 4.76. The van der Waals surface area contributed by atoms with Gasteiger partial charge in [0.1, 0.15) is 23.6 Å². The summed E-state index contributed by atoms with van der Waals surface area (Å²) < 4.78 is 28.7. The smallest absolute Gasteiger partial charge is 0.255 e. The molecule has 4 amide bonds. The van der Waals surface area contributed by atoms with Crippen molar-refractivity contribution in [1.82, 2.24) is 20.5 Å². The molecule has 5 rings (SSSR count). The first-order chi connectivity index (χ1) is 16.2. The van der Waals surface area contributed by atoms with E-state index < -0.39 is 35.4 Å². The molecule has 0 bridgehead atoms. The van der Waals surface area contributed by atoms with Gasteiger partial charge in [0, 0.05) is 24.1 Å². The normalized spacial score (nSPS) is 22.0. The molecule has 2 fully saturated rings. The first kappa shape index (κ1) is 22.1. The van der Waals surface area contributed by atoms with Crippen LogP contribution in [0.15, 0.2) is 36.5 Å². The number of amides is 4. The van der Waals surface area contributed by atoms with Gasteiger partial charge in [-0.3, -0.25) is 29.5 Å². The van der Waals surface area contributed by atoms with E-state index >= 15 is 4.39 Å². The molecule has 2 atom stereocenters. The van der Waals surface area contributed by atoms with Crippen LogP contribution in [-0.2, 0) is 16.1 Å². The van der Waals surface area contributed by atoms with Gasteiger partial charge in [-0.2, -0.15) is 0 Å². The summed E-state index contributed by atoms with van der Waals surface area (Å²) in [4.78, 5) is 54.9. The number of carbonyl (C=O) groups is 4. The van der Waals surface area contributed by atoms with Gasteiger partial charge in [-0.25, -0.2) is 8.78 Å². The lowest BCUT2D eigenvalue weighted by molar-refractivity contribution is -0.136. The molecule has 34 heavy (non-hydrogen) atoms. The monoisotopic (exact) mass is 468 g/mol. The maximum Gasteiger partial charge on any atom is 0.255 e. The molecule has 1 aromatic carbocycles. The maximum atomic E-state index is 15.4.